The number of pyridine rings is 1. The fourth-order valence-corrected chi connectivity index (χ4v) is 4.86. The number of imidazole rings is 1. The summed E-state index contributed by atoms with van der Waals surface area (Å²) >= 11 is 0. The highest BCUT2D eigenvalue weighted by Crippen LogP contribution is 2.29. The monoisotopic (exact) mass is 417 g/mol. The summed E-state index contributed by atoms with van der Waals surface area (Å²) in [6, 6.07) is 11.2. The molecule has 160 valence electrons. The maximum Gasteiger partial charge on any atom is 0.253 e. The van der Waals surface area contributed by atoms with Gasteiger partial charge in [-0.25, -0.2) is 4.98 Å². The van der Waals surface area contributed by atoms with Crippen molar-refractivity contribution in [3.05, 3.63) is 60.2 Å². The van der Waals surface area contributed by atoms with Crippen LogP contribution in [0.15, 0.2) is 48.8 Å². The number of benzene rings is 1. The Balaban J connectivity index is 1.26. The molecule has 1 aromatic carbocycles. The van der Waals surface area contributed by atoms with E-state index < -0.39 is 0 Å². The van der Waals surface area contributed by atoms with Crippen LogP contribution < -0.4 is 0 Å². The molecular weight excluding hydrogens is 390 g/mol. The van der Waals surface area contributed by atoms with Crippen LogP contribution >= 0.6 is 0 Å². The molecule has 0 aliphatic carbocycles. The lowest BCUT2D eigenvalue weighted by atomic mass is 9.92. The molecule has 2 aliphatic heterocycles. The Bertz CT molecular complexity index is 1050. The minimum atomic E-state index is -0.125. The number of hydrogen-bond donors (Lipinski definition) is 1. The fraction of sp³-hybridized carbons (Fsp3) is 0.417. The largest absolute Gasteiger partial charge is 0.342 e. The second-order valence-electron chi connectivity index (χ2n) is 8.59. The third-order valence-electron chi connectivity index (χ3n) is 6.50. The first kappa shape index (κ1) is 19.7. The molecule has 2 atom stereocenters. The van der Waals surface area contributed by atoms with Gasteiger partial charge in [0.05, 0.1) is 23.1 Å². The van der Waals surface area contributed by atoms with Crippen molar-refractivity contribution in [2.24, 2.45) is 5.92 Å². The second-order valence-corrected chi connectivity index (χ2v) is 8.59. The summed E-state index contributed by atoms with van der Waals surface area (Å²) in [5.74, 6) is 1.21. The third-order valence-corrected chi connectivity index (χ3v) is 6.50. The van der Waals surface area contributed by atoms with Crippen LogP contribution in [0.5, 0.6) is 0 Å². The number of carbonyl (C=O) groups is 2. The van der Waals surface area contributed by atoms with Crippen molar-refractivity contribution in [3.63, 3.8) is 0 Å². The summed E-state index contributed by atoms with van der Waals surface area (Å²) in [6.45, 7) is 2.67. The third kappa shape index (κ3) is 4.04. The zero-order valence-corrected chi connectivity index (χ0v) is 17.5. The van der Waals surface area contributed by atoms with Crippen LogP contribution in [0.25, 0.3) is 11.0 Å². The highest BCUT2D eigenvalue weighted by molar-refractivity contribution is 5.94. The zero-order valence-electron chi connectivity index (χ0n) is 17.5. The van der Waals surface area contributed by atoms with Gasteiger partial charge in [0.1, 0.15) is 5.82 Å². The van der Waals surface area contributed by atoms with Crippen LogP contribution in [0, 0.1) is 5.92 Å². The minimum Gasteiger partial charge on any atom is -0.342 e. The van der Waals surface area contributed by atoms with Crippen molar-refractivity contribution in [1.82, 2.24) is 24.8 Å². The van der Waals surface area contributed by atoms with Gasteiger partial charge in [-0.3, -0.25) is 14.6 Å². The average Bonchev–Trinajstić information content (AvgIpc) is 3.28. The van der Waals surface area contributed by atoms with Crippen molar-refractivity contribution in [2.75, 3.05) is 26.2 Å². The fourth-order valence-electron chi connectivity index (χ4n) is 4.86. The van der Waals surface area contributed by atoms with Crippen molar-refractivity contribution in [3.8, 4) is 0 Å². The van der Waals surface area contributed by atoms with E-state index in [2.05, 4.69) is 9.97 Å². The van der Waals surface area contributed by atoms with E-state index in [9.17, 15) is 9.59 Å². The molecule has 4 heterocycles. The predicted molar refractivity (Wildman–Crippen MR) is 118 cm³/mol. The molecule has 2 aromatic heterocycles. The molecule has 7 nitrogen and oxygen atoms in total. The number of aromatic nitrogens is 3. The number of carbonyl (C=O) groups excluding carboxylic acids is 2. The quantitative estimate of drug-likeness (QED) is 0.709. The van der Waals surface area contributed by atoms with Crippen molar-refractivity contribution in [2.45, 2.75) is 31.6 Å². The molecule has 0 saturated carbocycles. The first-order valence-electron chi connectivity index (χ1n) is 11.1. The molecule has 7 heteroatoms. The van der Waals surface area contributed by atoms with E-state index in [1.807, 2.05) is 46.2 Å². The van der Waals surface area contributed by atoms with Crippen molar-refractivity contribution < 1.29 is 9.59 Å². The number of piperidine rings is 2. The van der Waals surface area contributed by atoms with Gasteiger partial charge >= 0.3 is 0 Å². The van der Waals surface area contributed by atoms with Crippen LogP contribution in [-0.4, -0.2) is 62.7 Å². The Kier molecular flexibility index (Phi) is 5.40. The molecule has 31 heavy (non-hydrogen) atoms. The number of likely N-dealkylation sites (tertiary alicyclic amines) is 2. The van der Waals surface area contributed by atoms with Gasteiger partial charge in [-0.05, 0) is 43.9 Å². The molecular formula is C24H27N5O2. The van der Waals surface area contributed by atoms with Crippen LogP contribution in [0.1, 0.15) is 47.8 Å². The average molecular weight is 418 g/mol. The Morgan fingerprint density at radius 1 is 0.968 bits per heavy atom. The number of rotatable bonds is 3. The summed E-state index contributed by atoms with van der Waals surface area (Å²) in [5.41, 5.74) is 2.53. The lowest BCUT2D eigenvalue weighted by Gasteiger charge is -2.38. The van der Waals surface area contributed by atoms with E-state index in [1.165, 1.54) is 0 Å². The molecule has 1 N–H and O–H groups in total. The molecule has 5 rings (SSSR count). The van der Waals surface area contributed by atoms with E-state index in [-0.39, 0.29) is 23.7 Å². The molecule has 3 aromatic rings. The molecule has 2 saturated heterocycles. The smallest absolute Gasteiger partial charge is 0.253 e. The first-order valence-corrected chi connectivity index (χ1v) is 11.1. The van der Waals surface area contributed by atoms with Crippen molar-refractivity contribution >= 4 is 22.8 Å². The zero-order chi connectivity index (χ0) is 21.2. The van der Waals surface area contributed by atoms with E-state index >= 15 is 0 Å². The SMILES string of the molecule is O=C(c1ccccc1)N1CCCC(C(=O)N2CCCC(c3nc4ccncc4[nH]3)C2)C1. The van der Waals surface area contributed by atoms with Gasteiger partial charge < -0.3 is 14.8 Å². The van der Waals surface area contributed by atoms with Gasteiger partial charge in [0.15, 0.2) is 0 Å². The standard InChI is InChI=1S/C24H27N5O2/c30-23(17-6-2-1-3-7-17)29-13-5-9-19(16-29)24(31)28-12-4-8-18(15-28)22-26-20-10-11-25-14-21(20)27-22/h1-3,6-7,10-11,14,18-19H,4-5,8-9,12-13,15-16H2,(H,26,27). The number of H-pyrrole nitrogens is 1. The summed E-state index contributed by atoms with van der Waals surface area (Å²) < 4.78 is 0. The Labute approximate surface area is 181 Å². The molecule has 2 fully saturated rings. The molecule has 2 amide bonds. The molecule has 2 unspecified atom stereocenters. The van der Waals surface area contributed by atoms with Gasteiger partial charge in [-0.2, -0.15) is 0 Å². The van der Waals surface area contributed by atoms with Crippen LogP contribution in [0.3, 0.4) is 0 Å². The van der Waals surface area contributed by atoms with Crippen LogP contribution in [-0.2, 0) is 4.79 Å². The number of nitrogens with one attached hydrogen (secondary N) is 1. The van der Waals surface area contributed by atoms with E-state index in [1.54, 1.807) is 12.4 Å². The maximum atomic E-state index is 13.4. The van der Waals surface area contributed by atoms with Crippen molar-refractivity contribution in [1.29, 1.82) is 0 Å². The summed E-state index contributed by atoms with van der Waals surface area (Å²) in [7, 11) is 0. The summed E-state index contributed by atoms with van der Waals surface area (Å²) in [5, 5.41) is 0. The number of amides is 2. The normalized spacial score (nSPS) is 21.9. The van der Waals surface area contributed by atoms with E-state index in [4.69, 9.17) is 4.98 Å². The molecule has 2 aliphatic rings. The highest BCUT2D eigenvalue weighted by Gasteiger charge is 2.34. The van der Waals surface area contributed by atoms with Crippen LogP contribution in [0.4, 0.5) is 0 Å². The lowest BCUT2D eigenvalue weighted by molar-refractivity contribution is -0.138. The van der Waals surface area contributed by atoms with E-state index in [0.717, 1.165) is 49.1 Å². The molecule has 0 spiro atoms. The maximum absolute atomic E-state index is 13.4. The van der Waals surface area contributed by atoms with Gasteiger partial charge in [0, 0.05) is 43.9 Å². The van der Waals surface area contributed by atoms with E-state index in [0.29, 0.717) is 25.2 Å². The number of aromatic amines is 1. The Morgan fingerprint density at radius 3 is 2.61 bits per heavy atom. The topological polar surface area (TPSA) is 82.2 Å². The summed E-state index contributed by atoms with van der Waals surface area (Å²) in [6.07, 6.45) is 7.22. The second kappa shape index (κ2) is 8.49. The number of fused-ring (bicyclic) bond motifs is 1. The van der Waals surface area contributed by atoms with Crippen LogP contribution in [0.2, 0.25) is 0 Å². The Morgan fingerprint density at radius 2 is 1.77 bits per heavy atom. The molecule has 0 radical (unpaired) electrons. The lowest BCUT2D eigenvalue weighted by Crippen LogP contribution is -2.49. The Hall–Kier alpha value is -3.22. The minimum absolute atomic E-state index is 0.0190. The molecule has 0 bridgehead atoms. The van der Waals surface area contributed by atoms with Gasteiger partial charge in [-0.15, -0.1) is 0 Å². The highest BCUT2D eigenvalue weighted by atomic mass is 16.2. The number of nitrogens with zero attached hydrogens (tertiary/aromatic N) is 4. The van der Waals surface area contributed by atoms with Gasteiger partial charge in [0.25, 0.3) is 5.91 Å². The summed E-state index contributed by atoms with van der Waals surface area (Å²) in [4.78, 5) is 42.3. The van der Waals surface area contributed by atoms with Gasteiger partial charge in [-0.1, -0.05) is 18.2 Å². The predicted octanol–water partition coefficient (Wildman–Crippen LogP) is 3.22. The van der Waals surface area contributed by atoms with Gasteiger partial charge in [0.2, 0.25) is 5.91 Å². The first-order chi connectivity index (χ1) is 15.2. The number of hydrogen-bond acceptors (Lipinski definition) is 4.